The number of hydrogen-bond donors (Lipinski definition) is 2. The fourth-order valence-corrected chi connectivity index (χ4v) is 4.77. The van der Waals surface area contributed by atoms with Gasteiger partial charge in [0.2, 0.25) is 0 Å². The van der Waals surface area contributed by atoms with Crippen molar-refractivity contribution in [2.24, 2.45) is 0 Å². The lowest BCUT2D eigenvalue weighted by Crippen LogP contribution is -2.39. The quantitative estimate of drug-likeness (QED) is 0.347. The number of carbonyl (C=O) groups is 2. The number of nitrogens with one attached hydrogen (secondary N) is 2. The number of aromatic nitrogens is 1. The van der Waals surface area contributed by atoms with E-state index in [-0.39, 0.29) is 22.4 Å². The van der Waals surface area contributed by atoms with Crippen LogP contribution in [0.1, 0.15) is 26.4 Å². The molecule has 0 saturated heterocycles. The van der Waals surface area contributed by atoms with Gasteiger partial charge in [-0.1, -0.05) is 34.1 Å². The second kappa shape index (κ2) is 10.5. The molecule has 4 rings (SSSR count). The average Bonchev–Trinajstić information content (AvgIpc) is 2.85. The molecule has 1 heterocycles. The van der Waals surface area contributed by atoms with Crippen LogP contribution < -0.4 is 15.6 Å². The van der Waals surface area contributed by atoms with Gasteiger partial charge in [0.25, 0.3) is 17.4 Å². The lowest BCUT2D eigenvalue weighted by molar-refractivity contribution is 0.0978. The maximum absolute atomic E-state index is 14.9. The Morgan fingerprint density at radius 1 is 0.947 bits per heavy atom. The van der Waals surface area contributed by atoms with Gasteiger partial charge in [-0.2, -0.15) is 12.7 Å². The number of anilines is 1. The van der Waals surface area contributed by atoms with E-state index in [0.29, 0.717) is 26.6 Å². The van der Waals surface area contributed by atoms with Crippen LogP contribution in [-0.4, -0.2) is 43.2 Å². The molecule has 0 saturated carbocycles. The standard InChI is InChI=1S/C26H22BrFN4O5S/c1-15-23(20-14-17(27)10-11-19(20)26(35)32(15)18-7-5-4-6-8-18)25(34)29-22-12-9-16(13-21(22)28)24(33)30-38(36,37)31(2)3/h4-14H,1-3H3,(H,29,34)(H,30,33). The second-order valence-corrected chi connectivity index (χ2v) is 11.3. The molecule has 0 fully saturated rings. The molecule has 2 amide bonds. The fourth-order valence-electron chi connectivity index (χ4n) is 3.87. The Labute approximate surface area is 226 Å². The van der Waals surface area contributed by atoms with Crippen molar-refractivity contribution < 1.29 is 22.4 Å². The number of carbonyl (C=O) groups excluding carboxylic acids is 2. The number of amides is 2. The first-order valence-electron chi connectivity index (χ1n) is 11.2. The highest BCUT2D eigenvalue weighted by Gasteiger charge is 2.23. The molecule has 2 N–H and O–H groups in total. The van der Waals surface area contributed by atoms with Crippen molar-refractivity contribution in [2.75, 3.05) is 19.4 Å². The molecular formula is C26H22BrFN4O5S. The van der Waals surface area contributed by atoms with E-state index in [1.165, 1.54) is 24.7 Å². The Morgan fingerprint density at radius 2 is 1.63 bits per heavy atom. The largest absolute Gasteiger partial charge is 0.319 e. The summed E-state index contributed by atoms with van der Waals surface area (Å²) in [7, 11) is -1.60. The maximum Gasteiger partial charge on any atom is 0.303 e. The first-order chi connectivity index (χ1) is 17.9. The van der Waals surface area contributed by atoms with Crippen LogP contribution in [0.25, 0.3) is 16.5 Å². The molecule has 0 aliphatic carbocycles. The van der Waals surface area contributed by atoms with Crippen molar-refractivity contribution in [3.63, 3.8) is 0 Å². The molecule has 38 heavy (non-hydrogen) atoms. The van der Waals surface area contributed by atoms with E-state index >= 15 is 0 Å². The number of para-hydroxylation sites is 1. The minimum atomic E-state index is -4.07. The fraction of sp³-hybridized carbons (Fsp3) is 0.115. The number of fused-ring (bicyclic) bond motifs is 1. The minimum Gasteiger partial charge on any atom is -0.319 e. The van der Waals surface area contributed by atoms with Crippen LogP contribution in [0.5, 0.6) is 0 Å². The van der Waals surface area contributed by atoms with Gasteiger partial charge in [0, 0.05) is 46.3 Å². The summed E-state index contributed by atoms with van der Waals surface area (Å²) in [5, 5.41) is 3.17. The lowest BCUT2D eigenvalue weighted by atomic mass is 10.0. The zero-order valence-electron chi connectivity index (χ0n) is 20.5. The summed E-state index contributed by atoms with van der Waals surface area (Å²) in [5.74, 6) is -2.66. The normalized spacial score (nSPS) is 11.5. The van der Waals surface area contributed by atoms with E-state index in [2.05, 4.69) is 21.2 Å². The lowest BCUT2D eigenvalue weighted by Gasteiger charge is -2.18. The van der Waals surface area contributed by atoms with E-state index in [1.54, 1.807) is 55.5 Å². The molecular weight excluding hydrogens is 579 g/mol. The van der Waals surface area contributed by atoms with Crippen LogP contribution in [0.4, 0.5) is 10.1 Å². The van der Waals surface area contributed by atoms with E-state index in [9.17, 15) is 27.2 Å². The number of halogens is 2. The van der Waals surface area contributed by atoms with Crippen molar-refractivity contribution in [1.29, 1.82) is 0 Å². The molecule has 3 aromatic carbocycles. The Hall–Kier alpha value is -3.87. The number of rotatable bonds is 6. The topological polar surface area (TPSA) is 118 Å². The van der Waals surface area contributed by atoms with E-state index in [1.807, 2.05) is 4.72 Å². The third-order valence-electron chi connectivity index (χ3n) is 5.80. The first-order valence-corrected chi connectivity index (χ1v) is 13.4. The van der Waals surface area contributed by atoms with Crippen molar-refractivity contribution >= 4 is 54.4 Å². The van der Waals surface area contributed by atoms with Crippen LogP contribution >= 0.6 is 15.9 Å². The van der Waals surface area contributed by atoms with Crippen LogP contribution in [0.2, 0.25) is 0 Å². The SMILES string of the molecule is Cc1c(C(=O)Nc2ccc(C(=O)NS(=O)(=O)N(C)C)cc2F)c2cc(Br)ccc2c(=O)n1-c1ccccc1. The highest BCUT2D eigenvalue weighted by molar-refractivity contribution is 9.10. The summed E-state index contributed by atoms with van der Waals surface area (Å²) in [5.41, 5.74) is 0.249. The molecule has 0 aliphatic rings. The first kappa shape index (κ1) is 27.2. The van der Waals surface area contributed by atoms with Gasteiger partial charge in [0.15, 0.2) is 0 Å². The Balaban J connectivity index is 1.76. The van der Waals surface area contributed by atoms with Crippen LogP contribution in [0.15, 0.2) is 76.0 Å². The Kier molecular flexibility index (Phi) is 7.49. The van der Waals surface area contributed by atoms with Gasteiger partial charge >= 0.3 is 10.2 Å². The van der Waals surface area contributed by atoms with Crippen LogP contribution in [0, 0.1) is 12.7 Å². The molecule has 196 valence electrons. The van der Waals surface area contributed by atoms with Gasteiger partial charge in [0.05, 0.1) is 11.3 Å². The summed E-state index contributed by atoms with van der Waals surface area (Å²) < 4.78 is 43.4. The summed E-state index contributed by atoms with van der Waals surface area (Å²) in [6.45, 7) is 1.62. The average molecular weight is 601 g/mol. The van der Waals surface area contributed by atoms with Gasteiger partial charge < -0.3 is 5.32 Å². The molecule has 0 unspecified atom stereocenters. The predicted octanol–water partition coefficient (Wildman–Crippen LogP) is 3.99. The predicted molar refractivity (Wildman–Crippen MR) is 146 cm³/mol. The Bertz CT molecular complexity index is 1760. The molecule has 4 aromatic rings. The second-order valence-electron chi connectivity index (χ2n) is 8.49. The molecule has 1 aromatic heterocycles. The van der Waals surface area contributed by atoms with Gasteiger partial charge in [-0.05, 0) is 55.5 Å². The van der Waals surface area contributed by atoms with Crippen molar-refractivity contribution in [1.82, 2.24) is 13.6 Å². The van der Waals surface area contributed by atoms with Crippen molar-refractivity contribution in [3.05, 3.63) is 104 Å². The van der Waals surface area contributed by atoms with Crippen molar-refractivity contribution in [3.8, 4) is 5.69 Å². The third-order valence-corrected chi connectivity index (χ3v) is 7.70. The maximum atomic E-state index is 14.9. The van der Waals surface area contributed by atoms with Crippen LogP contribution in [0.3, 0.4) is 0 Å². The monoisotopic (exact) mass is 600 g/mol. The van der Waals surface area contributed by atoms with Gasteiger partial charge in [-0.15, -0.1) is 0 Å². The van der Waals surface area contributed by atoms with E-state index in [4.69, 9.17) is 0 Å². The molecule has 0 radical (unpaired) electrons. The van der Waals surface area contributed by atoms with Gasteiger partial charge in [-0.3, -0.25) is 19.0 Å². The smallest absolute Gasteiger partial charge is 0.303 e. The number of hydrogen-bond acceptors (Lipinski definition) is 5. The number of benzene rings is 3. The number of nitrogens with zero attached hydrogens (tertiary/aromatic N) is 2. The summed E-state index contributed by atoms with van der Waals surface area (Å²) in [4.78, 5) is 39.2. The van der Waals surface area contributed by atoms with Crippen molar-refractivity contribution in [2.45, 2.75) is 6.92 Å². The summed E-state index contributed by atoms with van der Waals surface area (Å²) >= 11 is 3.37. The summed E-state index contributed by atoms with van der Waals surface area (Å²) in [6, 6.07) is 16.9. The third kappa shape index (κ3) is 5.23. The van der Waals surface area contributed by atoms with Gasteiger partial charge in [0.1, 0.15) is 5.82 Å². The molecule has 0 bridgehead atoms. The minimum absolute atomic E-state index is 0.156. The molecule has 0 atom stereocenters. The van der Waals surface area contributed by atoms with Crippen LogP contribution in [-0.2, 0) is 10.2 Å². The van der Waals surface area contributed by atoms with E-state index < -0.39 is 27.8 Å². The zero-order valence-corrected chi connectivity index (χ0v) is 22.9. The highest BCUT2D eigenvalue weighted by Crippen LogP contribution is 2.27. The highest BCUT2D eigenvalue weighted by atomic mass is 79.9. The molecule has 9 nitrogen and oxygen atoms in total. The van der Waals surface area contributed by atoms with E-state index in [0.717, 1.165) is 16.4 Å². The molecule has 0 aliphatic heterocycles. The number of pyridine rings is 1. The zero-order chi connectivity index (χ0) is 27.8. The van der Waals surface area contributed by atoms with Gasteiger partial charge in [-0.25, -0.2) is 9.11 Å². The molecule has 12 heteroatoms. The summed E-state index contributed by atoms with van der Waals surface area (Å²) in [6.07, 6.45) is 0. The Morgan fingerprint density at radius 3 is 2.26 bits per heavy atom. The molecule has 0 spiro atoms.